The molecule has 2 heterocycles. The highest BCUT2D eigenvalue weighted by Gasteiger charge is 2.48. The number of likely N-dealkylation sites (tertiary alicyclic amines) is 1. The number of aliphatic hydroxyl groups is 1. The highest BCUT2D eigenvalue weighted by molar-refractivity contribution is 6.02. The molecule has 0 saturated carbocycles. The quantitative estimate of drug-likeness (QED) is 0.849. The first-order valence-electron chi connectivity index (χ1n) is 8.40. The molecule has 25 heavy (non-hydrogen) atoms. The van der Waals surface area contributed by atoms with Gasteiger partial charge in [-0.2, -0.15) is 0 Å². The number of nitrogens with zero attached hydrogens (tertiary/aromatic N) is 1. The summed E-state index contributed by atoms with van der Waals surface area (Å²) in [6.07, 6.45) is 1.63. The largest absolute Gasteiger partial charge is 0.495 e. The molecule has 2 saturated heterocycles. The minimum atomic E-state index is -1.14. The number of ether oxygens (including phenoxy) is 2. The summed E-state index contributed by atoms with van der Waals surface area (Å²) in [4.78, 5) is 26.1. The zero-order valence-electron chi connectivity index (χ0n) is 14.2. The van der Waals surface area contributed by atoms with Gasteiger partial charge in [-0.1, -0.05) is 6.07 Å². The first kappa shape index (κ1) is 17.7. The first-order valence-corrected chi connectivity index (χ1v) is 8.40. The van der Waals surface area contributed by atoms with Crippen molar-refractivity contribution < 1.29 is 29.3 Å². The van der Waals surface area contributed by atoms with Crippen molar-refractivity contribution in [1.29, 1.82) is 0 Å². The summed E-state index contributed by atoms with van der Waals surface area (Å²) in [7, 11) is 1.36. The first-order chi connectivity index (χ1) is 12.0. The van der Waals surface area contributed by atoms with Crippen LogP contribution in [0.2, 0.25) is 0 Å². The molecule has 1 aromatic rings. The molecule has 136 valence electrons. The summed E-state index contributed by atoms with van der Waals surface area (Å²) in [5.74, 6) is -1.31. The molecule has 2 fully saturated rings. The Bertz CT molecular complexity index is 668. The van der Waals surface area contributed by atoms with Gasteiger partial charge in [-0.05, 0) is 30.4 Å². The lowest BCUT2D eigenvalue weighted by Gasteiger charge is -2.37. The Labute approximate surface area is 146 Å². The van der Waals surface area contributed by atoms with Gasteiger partial charge in [0.25, 0.3) is 5.91 Å². The van der Waals surface area contributed by atoms with Crippen LogP contribution in [0.3, 0.4) is 0 Å². The van der Waals surface area contributed by atoms with Gasteiger partial charge in [-0.15, -0.1) is 0 Å². The molecule has 1 spiro atoms. The molecule has 0 aromatic heterocycles. The molecule has 7 nitrogen and oxygen atoms in total. The van der Waals surface area contributed by atoms with Crippen LogP contribution >= 0.6 is 0 Å². The molecular weight excluding hydrogens is 326 g/mol. The standard InChI is InChI=1S/C18H23NO6/c1-24-15-13(3-2-4-14(15)17(22)23)16(21)19-9-12(10-20)18(11-19)5-7-25-8-6-18/h2-4,12,20H,5-11H2,1H3,(H,22,23). The summed E-state index contributed by atoms with van der Waals surface area (Å²) in [6, 6.07) is 4.54. The molecule has 1 amide bonds. The van der Waals surface area contributed by atoms with Crippen molar-refractivity contribution in [1.82, 2.24) is 4.90 Å². The number of aromatic carboxylic acids is 1. The van der Waals surface area contributed by atoms with Gasteiger partial charge in [0.2, 0.25) is 0 Å². The SMILES string of the molecule is COc1c(C(=O)O)cccc1C(=O)N1CC(CO)C2(CCOCC2)C1. The number of aliphatic hydroxyl groups excluding tert-OH is 1. The summed E-state index contributed by atoms with van der Waals surface area (Å²) >= 11 is 0. The lowest BCUT2D eigenvalue weighted by Crippen LogP contribution is -2.38. The number of para-hydroxylation sites is 1. The molecule has 0 bridgehead atoms. The summed E-state index contributed by atoms with van der Waals surface area (Å²) < 4.78 is 10.6. The number of amides is 1. The highest BCUT2D eigenvalue weighted by atomic mass is 16.5. The lowest BCUT2D eigenvalue weighted by atomic mass is 9.72. The van der Waals surface area contributed by atoms with Crippen LogP contribution in [0.5, 0.6) is 5.75 Å². The Hall–Kier alpha value is -2.12. The van der Waals surface area contributed by atoms with Crippen LogP contribution in [0.4, 0.5) is 0 Å². The minimum absolute atomic E-state index is 0.00833. The minimum Gasteiger partial charge on any atom is -0.495 e. The number of hydrogen-bond acceptors (Lipinski definition) is 5. The van der Waals surface area contributed by atoms with Gasteiger partial charge in [0.15, 0.2) is 0 Å². The van der Waals surface area contributed by atoms with E-state index in [0.29, 0.717) is 26.3 Å². The van der Waals surface area contributed by atoms with E-state index in [-0.39, 0.29) is 40.7 Å². The second-order valence-corrected chi connectivity index (χ2v) is 6.73. The lowest BCUT2D eigenvalue weighted by molar-refractivity contribution is -0.0115. The molecule has 2 aliphatic heterocycles. The van der Waals surface area contributed by atoms with Crippen molar-refractivity contribution in [3.05, 3.63) is 29.3 Å². The molecule has 1 unspecified atom stereocenters. The normalized spacial score (nSPS) is 22.2. The van der Waals surface area contributed by atoms with Gasteiger partial charge >= 0.3 is 5.97 Å². The van der Waals surface area contributed by atoms with Crippen LogP contribution in [0.15, 0.2) is 18.2 Å². The number of rotatable bonds is 4. The van der Waals surface area contributed by atoms with Gasteiger partial charge in [0, 0.05) is 38.8 Å². The van der Waals surface area contributed by atoms with E-state index in [0.717, 1.165) is 12.8 Å². The molecule has 0 radical (unpaired) electrons. The van der Waals surface area contributed by atoms with E-state index in [4.69, 9.17) is 9.47 Å². The number of carbonyl (C=O) groups is 2. The van der Waals surface area contributed by atoms with Gasteiger partial charge in [0.1, 0.15) is 11.3 Å². The molecular formula is C18H23NO6. The van der Waals surface area contributed by atoms with E-state index in [9.17, 15) is 19.8 Å². The van der Waals surface area contributed by atoms with Crippen molar-refractivity contribution in [2.45, 2.75) is 12.8 Å². The average molecular weight is 349 g/mol. The molecule has 3 rings (SSSR count). The van der Waals surface area contributed by atoms with Crippen LogP contribution in [-0.4, -0.2) is 67.0 Å². The van der Waals surface area contributed by atoms with Crippen molar-refractivity contribution in [2.75, 3.05) is 40.0 Å². The Kier molecular flexibility index (Phi) is 4.96. The van der Waals surface area contributed by atoms with E-state index >= 15 is 0 Å². The number of carboxylic acid groups (broad SMARTS) is 1. The molecule has 7 heteroatoms. The Morgan fingerprint density at radius 1 is 1.32 bits per heavy atom. The Morgan fingerprint density at radius 2 is 2.00 bits per heavy atom. The smallest absolute Gasteiger partial charge is 0.339 e. The van der Waals surface area contributed by atoms with Crippen molar-refractivity contribution in [3.63, 3.8) is 0 Å². The number of methoxy groups -OCH3 is 1. The predicted molar refractivity (Wildman–Crippen MR) is 88.9 cm³/mol. The fraction of sp³-hybridized carbons (Fsp3) is 0.556. The highest BCUT2D eigenvalue weighted by Crippen LogP contribution is 2.44. The van der Waals surface area contributed by atoms with Crippen molar-refractivity contribution in [3.8, 4) is 5.75 Å². The number of benzene rings is 1. The zero-order valence-corrected chi connectivity index (χ0v) is 14.2. The maximum atomic E-state index is 13.0. The van der Waals surface area contributed by atoms with Crippen LogP contribution in [0, 0.1) is 11.3 Å². The molecule has 2 aliphatic rings. The fourth-order valence-corrected chi connectivity index (χ4v) is 4.05. The summed E-state index contributed by atoms with van der Waals surface area (Å²) in [5, 5.41) is 19.1. The number of carboxylic acids is 1. The number of hydrogen-bond donors (Lipinski definition) is 2. The molecule has 1 aromatic carbocycles. The monoisotopic (exact) mass is 349 g/mol. The fourth-order valence-electron chi connectivity index (χ4n) is 4.05. The third kappa shape index (κ3) is 3.09. The van der Waals surface area contributed by atoms with Crippen LogP contribution in [0.25, 0.3) is 0 Å². The maximum absolute atomic E-state index is 13.0. The van der Waals surface area contributed by atoms with Crippen LogP contribution < -0.4 is 4.74 Å². The Morgan fingerprint density at radius 3 is 2.60 bits per heavy atom. The second-order valence-electron chi connectivity index (χ2n) is 6.73. The second kappa shape index (κ2) is 7.01. The van der Waals surface area contributed by atoms with E-state index < -0.39 is 5.97 Å². The van der Waals surface area contributed by atoms with E-state index in [1.165, 1.54) is 13.2 Å². The molecule has 0 aliphatic carbocycles. The Balaban J connectivity index is 1.89. The summed E-state index contributed by atoms with van der Waals surface area (Å²) in [5.41, 5.74) is 0.0792. The van der Waals surface area contributed by atoms with Gasteiger partial charge < -0.3 is 24.6 Å². The maximum Gasteiger partial charge on any atom is 0.339 e. The summed E-state index contributed by atoms with van der Waals surface area (Å²) in [6.45, 7) is 2.29. The van der Waals surface area contributed by atoms with Gasteiger partial charge in [0.05, 0.1) is 12.7 Å². The predicted octanol–water partition coefficient (Wildman–Crippen LogP) is 1.25. The van der Waals surface area contributed by atoms with Gasteiger partial charge in [-0.25, -0.2) is 4.79 Å². The average Bonchev–Trinajstić information content (AvgIpc) is 2.98. The third-order valence-electron chi connectivity index (χ3n) is 5.49. The van der Waals surface area contributed by atoms with Gasteiger partial charge in [-0.3, -0.25) is 4.79 Å². The molecule has 1 atom stereocenters. The molecule has 2 N–H and O–H groups in total. The van der Waals surface area contributed by atoms with E-state index in [1.807, 2.05) is 0 Å². The third-order valence-corrected chi connectivity index (χ3v) is 5.49. The zero-order chi connectivity index (χ0) is 18.0. The van der Waals surface area contributed by atoms with Crippen LogP contribution in [0.1, 0.15) is 33.6 Å². The van der Waals surface area contributed by atoms with Crippen molar-refractivity contribution >= 4 is 11.9 Å². The van der Waals surface area contributed by atoms with Crippen molar-refractivity contribution in [2.24, 2.45) is 11.3 Å². The van der Waals surface area contributed by atoms with Crippen LogP contribution in [-0.2, 0) is 4.74 Å². The van der Waals surface area contributed by atoms with E-state index in [2.05, 4.69) is 0 Å². The number of carbonyl (C=O) groups excluding carboxylic acids is 1. The topological polar surface area (TPSA) is 96.3 Å². The van der Waals surface area contributed by atoms with E-state index in [1.54, 1.807) is 17.0 Å².